The summed E-state index contributed by atoms with van der Waals surface area (Å²) in [7, 11) is 0. The van der Waals surface area contributed by atoms with Crippen LogP contribution >= 0.6 is 0 Å². The molecule has 17 heavy (non-hydrogen) atoms. The quantitative estimate of drug-likeness (QED) is 0.643. The van der Waals surface area contributed by atoms with E-state index in [-0.39, 0.29) is 0 Å². The molecule has 0 amide bonds. The van der Waals surface area contributed by atoms with E-state index in [0.29, 0.717) is 29.8 Å². The SMILES string of the molecule is Nc1c2c(nc3ccccc13)[C@H](O)CC[C@H]2O. The fourth-order valence-electron chi connectivity index (χ4n) is 2.47. The van der Waals surface area contributed by atoms with Gasteiger partial charge >= 0.3 is 0 Å². The number of nitrogens with two attached hydrogens (primary N) is 1. The van der Waals surface area contributed by atoms with Crippen LogP contribution in [0.15, 0.2) is 24.3 Å². The molecule has 0 radical (unpaired) electrons. The van der Waals surface area contributed by atoms with Gasteiger partial charge in [0.25, 0.3) is 0 Å². The smallest absolute Gasteiger partial charge is 0.0965 e. The van der Waals surface area contributed by atoms with Crippen LogP contribution in [0.4, 0.5) is 5.69 Å². The van der Waals surface area contributed by atoms with Gasteiger partial charge in [-0.1, -0.05) is 18.2 Å². The zero-order chi connectivity index (χ0) is 12.0. The Morgan fingerprint density at radius 2 is 1.82 bits per heavy atom. The maximum absolute atomic E-state index is 9.99. The van der Waals surface area contributed by atoms with E-state index >= 15 is 0 Å². The predicted molar refractivity (Wildman–Crippen MR) is 65.3 cm³/mol. The number of nitrogens with zero attached hydrogens (tertiary/aromatic N) is 1. The third-order valence-corrected chi connectivity index (χ3v) is 3.36. The van der Waals surface area contributed by atoms with Crippen molar-refractivity contribution in [2.45, 2.75) is 25.0 Å². The van der Waals surface area contributed by atoms with Gasteiger partial charge in [-0.3, -0.25) is 0 Å². The van der Waals surface area contributed by atoms with Crippen molar-refractivity contribution in [1.82, 2.24) is 4.98 Å². The highest BCUT2D eigenvalue weighted by Gasteiger charge is 2.29. The maximum atomic E-state index is 9.99. The van der Waals surface area contributed by atoms with Crippen molar-refractivity contribution < 1.29 is 10.2 Å². The summed E-state index contributed by atoms with van der Waals surface area (Å²) in [4.78, 5) is 4.42. The topological polar surface area (TPSA) is 79.4 Å². The lowest BCUT2D eigenvalue weighted by Crippen LogP contribution is -2.18. The van der Waals surface area contributed by atoms with E-state index in [2.05, 4.69) is 4.98 Å². The first-order valence-corrected chi connectivity index (χ1v) is 5.72. The Labute approximate surface area is 98.7 Å². The van der Waals surface area contributed by atoms with Gasteiger partial charge in [0, 0.05) is 16.6 Å². The summed E-state index contributed by atoms with van der Waals surface area (Å²) < 4.78 is 0. The number of fused-ring (bicyclic) bond motifs is 2. The largest absolute Gasteiger partial charge is 0.398 e. The Bertz CT molecular complexity index is 583. The average molecular weight is 230 g/mol. The Balaban J connectivity index is 2.37. The number of nitrogen functional groups attached to an aromatic ring is 1. The number of hydrogen-bond donors (Lipinski definition) is 3. The molecule has 1 aliphatic rings. The average Bonchev–Trinajstić information content (AvgIpc) is 2.34. The van der Waals surface area contributed by atoms with Crippen molar-refractivity contribution in [1.29, 1.82) is 0 Å². The van der Waals surface area contributed by atoms with Gasteiger partial charge in [0.1, 0.15) is 0 Å². The first kappa shape index (κ1) is 10.5. The second-order valence-electron chi connectivity index (χ2n) is 4.45. The number of para-hydroxylation sites is 1. The summed E-state index contributed by atoms with van der Waals surface area (Å²) in [5.74, 6) is 0. The molecule has 1 aromatic carbocycles. The van der Waals surface area contributed by atoms with Crippen LogP contribution in [-0.2, 0) is 0 Å². The van der Waals surface area contributed by atoms with Crippen LogP contribution in [-0.4, -0.2) is 15.2 Å². The van der Waals surface area contributed by atoms with Crippen LogP contribution in [0.1, 0.15) is 36.3 Å². The van der Waals surface area contributed by atoms with Gasteiger partial charge < -0.3 is 15.9 Å². The van der Waals surface area contributed by atoms with Gasteiger partial charge in [-0.25, -0.2) is 4.98 Å². The lowest BCUT2D eigenvalue weighted by atomic mass is 9.89. The first-order valence-electron chi connectivity index (χ1n) is 5.72. The summed E-state index contributed by atoms with van der Waals surface area (Å²) in [6.45, 7) is 0. The normalized spacial score (nSPS) is 23.6. The minimum Gasteiger partial charge on any atom is -0.398 e. The van der Waals surface area contributed by atoms with Crippen LogP contribution < -0.4 is 5.73 Å². The molecule has 0 saturated carbocycles. The van der Waals surface area contributed by atoms with Gasteiger partial charge in [0.15, 0.2) is 0 Å². The highest BCUT2D eigenvalue weighted by molar-refractivity contribution is 5.92. The lowest BCUT2D eigenvalue weighted by Gasteiger charge is -2.26. The van der Waals surface area contributed by atoms with Gasteiger partial charge in [0.05, 0.1) is 23.4 Å². The molecule has 4 heteroatoms. The van der Waals surface area contributed by atoms with Crippen molar-refractivity contribution in [2.75, 3.05) is 5.73 Å². The second kappa shape index (κ2) is 3.68. The highest BCUT2D eigenvalue weighted by Crippen LogP contribution is 2.40. The second-order valence-corrected chi connectivity index (χ2v) is 4.45. The number of aliphatic hydroxyl groups excluding tert-OH is 2. The molecule has 0 spiro atoms. The van der Waals surface area contributed by atoms with E-state index in [1.807, 2.05) is 24.3 Å². The van der Waals surface area contributed by atoms with Gasteiger partial charge in [-0.05, 0) is 18.9 Å². The van der Waals surface area contributed by atoms with E-state index in [4.69, 9.17) is 5.73 Å². The molecule has 0 bridgehead atoms. The van der Waals surface area contributed by atoms with Crippen molar-refractivity contribution in [3.05, 3.63) is 35.5 Å². The minimum absolute atomic E-state index is 0.526. The molecule has 1 aromatic heterocycles. The number of rotatable bonds is 0. The summed E-state index contributed by atoms with van der Waals surface area (Å²) in [5, 5.41) is 20.8. The minimum atomic E-state index is -0.625. The van der Waals surface area contributed by atoms with E-state index in [9.17, 15) is 10.2 Å². The van der Waals surface area contributed by atoms with Gasteiger partial charge in [-0.15, -0.1) is 0 Å². The summed E-state index contributed by atoms with van der Waals surface area (Å²) in [6.07, 6.45) is -0.192. The molecular weight excluding hydrogens is 216 g/mol. The predicted octanol–water partition coefficient (Wildman–Crippen LogP) is 1.68. The van der Waals surface area contributed by atoms with Gasteiger partial charge in [0.2, 0.25) is 0 Å². The van der Waals surface area contributed by atoms with Crippen LogP contribution in [0, 0.1) is 0 Å². The van der Waals surface area contributed by atoms with Crippen LogP contribution in [0.3, 0.4) is 0 Å². The standard InChI is InChI=1S/C13H14N2O2/c14-12-7-3-1-2-4-8(7)15-13-10(17)6-5-9(16)11(12)13/h1-4,9-10,16-17H,5-6H2,(H2,14,15)/t9-,10-/m1/s1. The molecule has 2 atom stereocenters. The van der Waals surface area contributed by atoms with E-state index < -0.39 is 12.2 Å². The first-order chi connectivity index (χ1) is 8.18. The number of benzene rings is 1. The van der Waals surface area contributed by atoms with Crippen molar-refractivity contribution in [3.8, 4) is 0 Å². The fraction of sp³-hybridized carbons (Fsp3) is 0.308. The summed E-state index contributed by atoms with van der Waals surface area (Å²) >= 11 is 0. The fourth-order valence-corrected chi connectivity index (χ4v) is 2.47. The number of aliphatic hydroxyl groups is 2. The Kier molecular flexibility index (Phi) is 2.28. The lowest BCUT2D eigenvalue weighted by molar-refractivity contribution is 0.0884. The molecule has 0 unspecified atom stereocenters. The Morgan fingerprint density at radius 3 is 2.65 bits per heavy atom. The number of pyridine rings is 1. The highest BCUT2D eigenvalue weighted by atomic mass is 16.3. The zero-order valence-corrected chi connectivity index (χ0v) is 9.30. The van der Waals surface area contributed by atoms with Crippen molar-refractivity contribution in [3.63, 3.8) is 0 Å². The molecule has 88 valence electrons. The van der Waals surface area contributed by atoms with E-state index in [0.717, 1.165) is 10.9 Å². The molecule has 3 rings (SSSR count). The van der Waals surface area contributed by atoms with E-state index in [1.165, 1.54) is 0 Å². The summed E-state index contributed by atoms with van der Waals surface area (Å²) in [5.41, 5.74) is 8.51. The van der Waals surface area contributed by atoms with Crippen LogP contribution in [0.2, 0.25) is 0 Å². The Morgan fingerprint density at radius 1 is 1.12 bits per heavy atom. The maximum Gasteiger partial charge on any atom is 0.0965 e. The number of anilines is 1. The molecule has 2 aromatic rings. The third-order valence-electron chi connectivity index (χ3n) is 3.36. The molecule has 0 fully saturated rings. The molecule has 1 heterocycles. The Hall–Kier alpha value is -1.65. The van der Waals surface area contributed by atoms with Crippen LogP contribution in [0.5, 0.6) is 0 Å². The molecule has 0 aliphatic heterocycles. The van der Waals surface area contributed by atoms with Gasteiger partial charge in [-0.2, -0.15) is 0 Å². The monoisotopic (exact) mass is 230 g/mol. The zero-order valence-electron chi connectivity index (χ0n) is 9.30. The molecule has 1 aliphatic carbocycles. The molecular formula is C13H14N2O2. The third kappa shape index (κ3) is 1.49. The number of hydrogen-bond acceptors (Lipinski definition) is 4. The molecule has 4 nitrogen and oxygen atoms in total. The van der Waals surface area contributed by atoms with Crippen molar-refractivity contribution in [2.24, 2.45) is 0 Å². The molecule has 4 N–H and O–H groups in total. The van der Waals surface area contributed by atoms with Crippen molar-refractivity contribution >= 4 is 16.6 Å². The van der Waals surface area contributed by atoms with E-state index in [1.54, 1.807) is 0 Å². The van der Waals surface area contributed by atoms with Crippen LogP contribution in [0.25, 0.3) is 10.9 Å². The molecule has 0 saturated heterocycles. The summed E-state index contributed by atoms with van der Waals surface area (Å²) in [6, 6.07) is 7.51. The number of aromatic nitrogens is 1.